The molecule has 1 aliphatic rings. The lowest BCUT2D eigenvalue weighted by atomic mass is 10.00. The van der Waals surface area contributed by atoms with Gasteiger partial charge in [0.15, 0.2) is 9.84 Å². The molecule has 0 radical (unpaired) electrons. The monoisotopic (exact) mass is 387 g/mol. The highest BCUT2D eigenvalue weighted by Gasteiger charge is 2.28. The SMILES string of the molecule is COc1ccc([C@@H]2CCCCCN2C(=O)c2cccc(S(C)(=O)=O)c2)cc1. The van der Waals surface area contributed by atoms with Gasteiger partial charge in [-0.25, -0.2) is 8.42 Å². The van der Waals surface area contributed by atoms with E-state index in [9.17, 15) is 13.2 Å². The molecule has 1 fully saturated rings. The molecule has 27 heavy (non-hydrogen) atoms. The number of hydrogen-bond acceptors (Lipinski definition) is 4. The van der Waals surface area contributed by atoms with Gasteiger partial charge in [-0.05, 0) is 48.7 Å². The number of hydrogen-bond donors (Lipinski definition) is 0. The predicted octanol–water partition coefficient (Wildman–Crippen LogP) is 3.86. The van der Waals surface area contributed by atoms with Crippen molar-refractivity contribution >= 4 is 15.7 Å². The maximum atomic E-state index is 13.2. The van der Waals surface area contributed by atoms with E-state index in [1.54, 1.807) is 19.2 Å². The standard InChI is InChI=1S/C21H25NO4S/c1-26-18-12-10-16(11-13-18)20-9-4-3-5-14-22(20)21(23)17-7-6-8-19(15-17)27(2,24)25/h6-8,10-13,15,20H,3-5,9,14H2,1-2H3/t20-/m0/s1. The van der Waals surface area contributed by atoms with Crippen LogP contribution in [0.4, 0.5) is 0 Å². The molecular weight excluding hydrogens is 362 g/mol. The van der Waals surface area contributed by atoms with Crippen molar-refractivity contribution < 1.29 is 17.9 Å². The molecule has 3 rings (SSSR count). The van der Waals surface area contributed by atoms with Crippen molar-refractivity contribution in [2.75, 3.05) is 19.9 Å². The van der Waals surface area contributed by atoms with E-state index in [4.69, 9.17) is 4.74 Å². The average Bonchev–Trinajstić information content (AvgIpc) is 2.93. The largest absolute Gasteiger partial charge is 0.497 e. The van der Waals surface area contributed by atoms with E-state index >= 15 is 0 Å². The number of rotatable bonds is 4. The van der Waals surface area contributed by atoms with Crippen molar-refractivity contribution in [1.82, 2.24) is 4.90 Å². The van der Waals surface area contributed by atoms with Gasteiger partial charge in [-0.15, -0.1) is 0 Å². The van der Waals surface area contributed by atoms with Crippen LogP contribution in [0.5, 0.6) is 5.75 Å². The number of amides is 1. The summed E-state index contributed by atoms with van der Waals surface area (Å²) in [6.45, 7) is 0.665. The highest BCUT2D eigenvalue weighted by Crippen LogP contribution is 2.32. The molecule has 0 bridgehead atoms. The topological polar surface area (TPSA) is 63.7 Å². The summed E-state index contributed by atoms with van der Waals surface area (Å²) in [5.74, 6) is 0.661. The third-order valence-electron chi connectivity index (χ3n) is 5.02. The van der Waals surface area contributed by atoms with E-state index in [1.165, 1.54) is 12.1 Å². The number of sulfone groups is 1. The molecule has 0 unspecified atom stereocenters. The molecule has 5 nitrogen and oxygen atoms in total. The Hall–Kier alpha value is -2.34. The van der Waals surface area contributed by atoms with Gasteiger partial charge in [0.25, 0.3) is 5.91 Å². The van der Waals surface area contributed by atoms with Gasteiger partial charge in [0.2, 0.25) is 0 Å². The van der Waals surface area contributed by atoms with Gasteiger partial charge >= 0.3 is 0 Å². The van der Waals surface area contributed by atoms with Gasteiger partial charge in [0, 0.05) is 18.4 Å². The molecule has 1 amide bonds. The van der Waals surface area contributed by atoms with E-state index in [-0.39, 0.29) is 16.8 Å². The zero-order chi connectivity index (χ0) is 19.4. The summed E-state index contributed by atoms with van der Waals surface area (Å²) in [4.78, 5) is 15.3. The first-order valence-corrected chi connectivity index (χ1v) is 11.0. The zero-order valence-corrected chi connectivity index (χ0v) is 16.5. The lowest BCUT2D eigenvalue weighted by Crippen LogP contribution is -2.34. The third-order valence-corrected chi connectivity index (χ3v) is 6.13. The Morgan fingerprint density at radius 1 is 1.07 bits per heavy atom. The molecule has 0 aromatic heterocycles. The fraction of sp³-hybridized carbons (Fsp3) is 0.381. The minimum atomic E-state index is -3.35. The Morgan fingerprint density at radius 2 is 1.81 bits per heavy atom. The van der Waals surface area contributed by atoms with Gasteiger partial charge in [-0.1, -0.05) is 31.0 Å². The molecule has 0 saturated carbocycles. The quantitative estimate of drug-likeness (QED) is 0.799. The van der Waals surface area contributed by atoms with E-state index < -0.39 is 9.84 Å². The van der Waals surface area contributed by atoms with Gasteiger partial charge in [0.1, 0.15) is 5.75 Å². The second kappa shape index (κ2) is 8.13. The lowest BCUT2D eigenvalue weighted by molar-refractivity contribution is 0.0680. The molecule has 0 aliphatic carbocycles. The highest BCUT2D eigenvalue weighted by atomic mass is 32.2. The zero-order valence-electron chi connectivity index (χ0n) is 15.7. The second-order valence-corrected chi connectivity index (χ2v) is 8.95. The van der Waals surface area contributed by atoms with Crippen LogP contribution in [0.15, 0.2) is 53.4 Å². The van der Waals surface area contributed by atoms with Crippen LogP contribution >= 0.6 is 0 Å². The van der Waals surface area contributed by atoms with Crippen molar-refractivity contribution in [2.24, 2.45) is 0 Å². The van der Waals surface area contributed by atoms with Crippen LogP contribution < -0.4 is 4.74 Å². The molecule has 1 heterocycles. The summed E-state index contributed by atoms with van der Waals surface area (Å²) in [5.41, 5.74) is 1.49. The van der Waals surface area contributed by atoms with Crippen molar-refractivity contribution in [3.63, 3.8) is 0 Å². The lowest BCUT2D eigenvalue weighted by Gasteiger charge is -2.31. The molecule has 2 aromatic rings. The molecular formula is C21H25NO4S. The summed E-state index contributed by atoms with van der Waals surface area (Å²) < 4.78 is 28.9. The Kier molecular flexibility index (Phi) is 5.85. The first-order valence-electron chi connectivity index (χ1n) is 9.15. The van der Waals surface area contributed by atoms with Crippen LogP contribution in [0.25, 0.3) is 0 Å². The summed E-state index contributed by atoms with van der Waals surface area (Å²) in [6.07, 6.45) is 5.14. The summed E-state index contributed by atoms with van der Waals surface area (Å²) >= 11 is 0. The van der Waals surface area contributed by atoms with E-state index in [1.807, 2.05) is 29.2 Å². The highest BCUT2D eigenvalue weighted by molar-refractivity contribution is 7.90. The minimum absolute atomic E-state index is 0.0206. The van der Waals surface area contributed by atoms with Crippen LogP contribution in [0, 0.1) is 0 Å². The number of benzene rings is 2. The number of likely N-dealkylation sites (tertiary alicyclic amines) is 1. The van der Waals surface area contributed by atoms with E-state index in [2.05, 4.69) is 0 Å². The van der Waals surface area contributed by atoms with Crippen molar-refractivity contribution in [3.8, 4) is 5.75 Å². The first-order chi connectivity index (χ1) is 12.9. The maximum Gasteiger partial charge on any atom is 0.254 e. The summed E-state index contributed by atoms with van der Waals surface area (Å²) in [6, 6.07) is 14.1. The molecule has 6 heteroatoms. The predicted molar refractivity (Wildman–Crippen MR) is 105 cm³/mol. The normalized spacial score (nSPS) is 18.0. The molecule has 144 valence electrons. The fourth-order valence-electron chi connectivity index (χ4n) is 3.55. The van der Waals surface area contributed by atoms with Crippen LogP contribution in [-0.4, -0.2) is 39.1 Å². The van der Waals surface area contributed by atoms with Gasteiger partial charge < -0.3 is 9.64 Å². The molecule has 1 saturated heterocycles. The molecule has 1 aliphatic heterocycles. The number of carbonyl (C=O) groups excluding carboxylic acids is 1. The average molecular weight is 388 g/mol. The third kappa shape index (κ3) is 4.50. The molecule has 2 aromatic carbocycles. The van der Waals surface area contributed by atoms with Gasteiger partial charge in [0.05, 0.1) is 18.0 Å². The van der Waals surface area contributed by atoms with E-state index in [0.717, 1.165) is 43.3 Å². The Bertz CT molecular complexity index is 906. The number of nitrogens with zero attached hydrogens (tertiary/aromatic N) is 1. The number of methoxy groups -OCH3 is 1. The Balaban J connectivity index is 1.94. The van der Waals surface area contributed by atoms with Crippen molar-refractivity contribution in [3.05, 3.63) is 59.7 Å². The number of carbonyl (C=O) groups is 1. The number of ether oxygens (including phenoxy) is 1. The van der Waals surface area contributed by atoms with Crippen molar-refractivity contribution in [2.45, 2.75) is 36.6 Å². The van der Waals surface area contributed by atoms with Gasteiger partial charge in [-0.2, -0.15) is 0 Å². The molecule has 1 atom stereocenters. The summed E-state index contributed by atoms with van der Waals surface area (Å²) in [7, 11) is -1.72. The minimum Gasteiger partial charge on any atom is -0.497 e. The first kappa shape index (κ1) is 19.4. The fourth-order valence-corrected chi connectivity index (χ4v) is 4.22. The van der Waals surface area contributed by atoms with Crippen molar-refractivity contribution in [1.29, 1.82) is 0 Å². The Morgan fingerprint density at radius 3 is 2.48 bits per heavy atom. The second-order valence-electron chi connectivity index (χ2n) is 6.94. The molecule has 0 N–H and O–H groups in total. The Labute approximate surface area is 160 Å². The van der Waals surface area contributed by atoms with E-state index in [0.29, 0.717) is 12.1 Å². The van der Waals surface area contributed by atoms with Gasteiger partial charge in [-0.3, -0.25) is 4.79 Å². The smallest absolute Gasteiger partial charge is 0.254 e. The summed E-state index contributed by atoms with van der Waals surface area (Å²) in [5, 5.41) is 0. The van der Waals surface area contributed by atoms with Crippen LogP contribution in [-0.2, 0) is 9.84 Å². The van der Waals surface area contributed by atoms with Crippen LogP contribution in [0.1, 0.15) is 47.6 Å². The maximum absolute atomic E-state index is 13.2. The van der Waals surface area contributed by atoms with Crippen LogP contribution in [0.3, 0.4) is 0 Å². The van der Waals surface area contributed by atoms with Crippen LogP contribution in [0.2, 0.25) is 0 Å². The molecule has 0 spiro atoms.